The van der Waals surface area contributed by atoms with Crippen LogP contribution in [0.15, 0.2) is 0 Å². The zero-order valence-corrected chi connectivity index (χ0v) is 12.8. The Kier molecular flexibility index (Phi) is 8.20. The van der Waals surface area contributed by atoms with Crippen molar-refractivity contribution in [2.75, 3.05) is 33.2 Å². The molecule has 0 atom stereocenters. The van der Waals surface area contributed by atoms with Gasteiger partial charge in [0.2, 0.25) is 5.91 Å². The number of nitrogens with zero attached hydrogens (tertiary/aromatic N) is 2. The molecular weight excluding hydrogens is 226 g/mol. The molecule has 1 spiro atoms. The molecule has 0 radical (unpaired) electrons. The first-order valence-electron chi connectivity index (χ1n) is 7.26. The summed E-state index contributed by atoms with van der Waals surface area (Å²) in [5.41, 5.74) is 4.89. The first-order valence-corrected chi connectivity index (χ1v) is 7.26. The molecule has 2 fully saturated rings. The Balaban J connectivity index is 0.000000659. The number of rotatable bonds is 2. The fraction of sp³-hybridized carbons (Fsp3) is 0.929. The summed E-state index contributed by atoms with van der Waals surface area (Å²) < 4.78 is 0. The van der Waals surface area contributed by atoms with Crippen LogP contribution in [0, 0.1) is 0 Å². The fourth-order valence-electron chi connectivity index (χ4n) is 2.52. The summed E-state index contributed by atoms with van der Waals surface area (Å²) in [5, 5.41) is 0. The number of hydrogen-bond acceptors (Lipinski definition) is 3. The van der Waals surface area contributed by atoms with Crippen LogP contribution >= 0.6 is 0 Å². The molecule has 1 saturated heterocycles. The van der Waals surface area contributed by atoms with Gasteiger partial charge in [-0.1, -0.05) is 20.8 Å². The molecular formula is C14H31N3O. The lowest BCUT2D eigenvalue weighted by Gasteiger charge is -2.41. The fourth-order valence-corrected chi connectivity index (χ4v) is 2.52. The molecule has 1 amide bonds. The summed E-state index contributed by atoms with van der Waals surface area (Å²) in [4.78, 5) is 15.9. The average Bonchev–Trinajstić information content (AvgIpc) is 3.17. The summed E-state index contributed by atoms with van der Waals surface area (Å²) in [7, 11) is 1.50. The number of nitrogens with two attached hydrogens (primary N) is 1. The summed E-state index contributed by atoms with van der Waals surface area (Å²) in [5.74, 6) is 0.243. The standard InChI is InChI=1S/C11H20N2O.C2H6.CH5N/c1-3-6-13-8-7-12(10(2)14)9-11(13)4-5-11;2*1-2/h3-9H2,1-2H3;1-2H3;2H2,1H3. The third-order valence-corrected chi connectivity index (χ3v) is 3.56. The van der Waals surface area contributed by atoms with Crippen LogP contribution in [0.3, 0.4) is 0 Å². The van der Waals surface area contributed by atoms with Crippen LogP contribution in [0.2, 0.25) is 0 Å². The summed E-state index contributed by atoms with van der Waals surface area (Å²) in [6, 6.07) is 0. The minimum Gasteiger partial charge on any atom is -0.340 e. The molecule has 4 nitrogen and oxygen atoms in total. The van der Waals surface area contributed by atoms with Gasteiger partial charge in [0, 0.05) is 32.1 Å². The van der Waals surface area contributed by atoms with Crippen molar-refractivity contribution < 1.29 is 4.79 Å². The van der Waals surface area contributed by atoms with Crippen molar-refractivity contribution in [2.24, 2.45) is 5.73 Å². The monoisotopic (exact) mass is 257 g/mol. The molecule has 1 aliphatic heterocycles. The molecule has 2 aliphatic rings. The normalized spacial score (nSPS) is 20.4. The number of hydrogen-bond donors (Lipinski definition) is 1. The van der Waals surface area contributed by atoms with E-state index >= 15 is 0 Å². The third-order valence-electron chi connectivity index (χ3n) is 3.56. The number of piperazine rings is 1. The van der Waals surface area contributed by atoms with E-state index in [4.69, 9.17) is 0 Å². The first kappa shape index (κ1) is 17.4. The van der Waals surface area contributed by atoms with Crippen LogP contribution in [0.4, 0.5) is 0 Å². The molecule has 1 saturated carbocycles. The molecule has 1 heterocycles. The summed E-state index contributed by atoms with van der Waals surface area (Å²) in [6.45, 7) is 12.1. The van der Waals surface area contributed by atoms with Crippen LogP contribution in [0.25, 0.3) is 0 Å². The van der Waals surface area contributed by atoms with Crippen molar-refractivity contribution >= 4 is 5.91 Å². The number of carbonyl (C=O) groups is 1. The van der Waals surface area contributed by atoms with Gasteiger partial charge in [-0.05, 0) is 32.9 Å². The Labute approximate surface area is 113 Å². The maximum atomic E-state index is 11.3. The van der Waals surface area contributed by atoms with Gasteiger partial charge in [0.25, 0.3) is 0 Å². The minimum atomic E-state index is 0.243. The van der Waals surface area contributed by atoms with Gasteiger partial charge in [-0.3, -0.25) is 9.69 Å². The molecule has 0 aromatic heterocycles. The summed E-state index contributed by atoms with van der Waals surface area (Å²) in [6.07, 6.45) is 3.80. The van der Waals surface area contributed by atoms with Crippen LogP contribution in [-0.4, -0.2) is 54.5 Å². The van der Waals surface area contributed by atoms with Crippen LogP contribution in [0.5, 0.6) is 0 Å². The third kappa shape index (κ3) is 4.25. The molecule has 2 rings (SSSR count). The van der Waals surface area contributed by atoms with E-state index in [1.165, 1.54) is 32.9 Å². The van der Waals surface area contributed by atoms with E-state index in [1.807, 2.05) is 18.7 Å². The second-order valence-corrected chi connectivity index (χ2v) is 4.65. The Hall–Kier alpha value is -0.610. The Morgan fingerprint density at radius 2 is 1.78 bits per heavy atom. The van der Waals surface area contributed by atoms with Crippen LogP contribution in [0.1, 0.15) is 47.0 Å². The van der Waals surface area contributed by atoms with Gasteiger partial charge in [0.05, 0.1) is 0 Å². The topological polar surface area (TPSA) is 49.6 Å². The van der Waals surface area contributed by atoms with E-state index in [1.54, 1.807) is 6.92 Å². The molecule has 0 aromatic rings. The number of carbonyl (C=O) groups excluding carboxylic acids is 1. The van der Waals surface area contributed by atoms with E-state index in [-0.39, 0.29) is 5.91 Å². The summed E-state index contributed by atoms with van der Waals surface area (Å²) >= 11 is 0. The van der Waals surface area contributed by atoms with Crippen LogP contribution < -0.4 is 5.73 Å². The van der Waals surface area contributed by atoms with Crippen molar-refractivity contribution in [1.82, 2.24) is 9.80 Å². The lowest BCUT2D eigenvalue weighted by Crippen LogP contribution is -2.56. The molecule has 4 heteroatoms. The zero-order valence-electron chi connectivity index (χ0n) is 12.8. The van der Waals surface area contributed by atoms with Crippen molar-refractivity contribution in [3.63, 3.8) is 0 Å². The Morgan fingerprint density at radius 3 is 2.17 bits per heavy atom. The molecule has 1 aliphatic carbocycles. The van der Waals surface area contributed by atoms with Gasteiger partial charge in [0.15, 0.2) is 0 Å². The molecule has 0 bridgehead atoms. The second-order valence-electron chi connectivity index (χ2n) is 4.65. The van der Waals surface area contributed by atoms with Gasteiger partial charge < -0.3 is 10.6 Å². The molecule has 108 valence electrons. The van der Waals surface area contributed by atoms with Crippen molar-refractivity contribution in [1.29, 1.82) is 0 Å². The van der Waals surface area contributed by atoms with Crippen molar-refractivity contribution in [2.45, 2.75) is 52.5 Å². The number of amides is 1. The average molecular weight is 257 g/mol. The SMILES string of the molecule is CC.CCCN1CCN(C(C)=O)CC12CC2.CN. The highest BCUT2D eigenvalue weighted by Crippen LogP contribution is 2.44. The van der Waals surface area contributed by atoms with Crippen molar-refractivity contribution in [3.05, 3.63) is 0 Å². The largest absolute Gasteiger partial charge is 0.340 e. The smallest absolute Gasteiger partial charge is 0.219 e. The van der Waals surface area contributed by atoms with Crippen LogP contribution in [-0.2, 0) is 4.79 Å². The van der Waals surface area contributed by atoms with E-state index < -0.39 is 0 Å². The quantitative estimate of drug-likeness (QED) is 0.819. The van der Waals surface area contributed by atoms with Gasteiger partial charge in [-0.15, -0.1) is 0 Å². The van der Waals surface area contributed by atoms with E-state index in [2.05, 4.69) is 17.6 Å². The van der Waals surface area contributed by atoms with E-state index in [0.29, 0.717) is 5.54 Å². The molecule has 18 heavy (non-hydrogen) atoms. The molecule has 0 aromatic carbocycles. The lowest BCUT2D eigenvalue weighted by atomic mass is 10.1. The second kappa shape index (κ2) is 8.48. The maximum Gasteiger partial charge on any atom is 0.219 e. The molecule has 0 unspecified atom stereocenters. The van der Waals surface area contributed by atoms with Gasteiger partial charge >= 0.3 is 0 Å². The zero-order chi connectivity index (χ0) is 14.2. The molecule has 2 N–H and O–H groups in total. The lowest BCUT2D eigenvalue weighted by molar-refractivity contribution is -0.132. The maximum absolute atomic E-state index is 11.3. The first-order chi connectivity index (χ1) is 8.68. The van der Waals surface area contributed by atoms with E-state index in [9.17, 15) is 4.79 Å². The van der Waals surface area contributed by atoms with Gasteiger partial charge in [-0.25, -0.2) is 0 Å². The van der Waals surface area contributed by atoms with Crippen molar-refractivity contribution in [3.8, 4) is 0 Å². The highest BCUT2D eigenvalue weighted by atomic mass is 16.2. The highest BCUT2D eigenvalue weighted by molar-refractivity contribution is 5.73. The predicted molar refractivity (Wildman–Crippen MR) is 77.5 cm³/mol. The van der Waals surface area contributed by atoms with E-state index in [0.717, 1.165) is 19.6 Å². The Morgan fingerprint density at radius 1 is 1.22 bits per heavy atom. The van der Waals surface area contributed by atoms with Gasteiger partial charge in [-0.2, -0.15) is 0 Å². The predicted octanol–water partition coefficient (Wildman–Crippen LogP) is 1.69. The highest BCUT2D eigenvalue weighted by Gasteiger charge is 2.50. The Bertz CT molecular complexity index is 239. The van der Waals surface area contributed by atoms with Gasteiger partial charge in [0.1, 0.15) is 0 Å². The minimum absolute atomic E-state index is 0.243.